The molecule has 7 nitrogen and oxygen atoms in total. The van der Waals surface area contributed by atoms with Crippen LogP contribution in [0.3, 0.4) is 0 Å². The predicted octanol–water partition coefficient (Wildman–Crippen LogP) is 4.95. The summed E-state index contributed by atoms with van der Waals surface area (Å²) in [4.78, 5) is 24.9. The average molecular weight is 444 g/mol. The van der Waals surface area contributed by atoms with Gasteiger partial charge < -0.3 is 14.8 Å². The van der Waals surface area contributed by atoms with Gasteiger partial charge in [-0.05, 0) is 62.7 Å². The quantitative estimate of drug-likeness (QED) is 0.614. The smallest absolute Gasteiger partial charge is 0.342 e. The maximum atomic E-state index is 12.8. The van der Waals surface area contributed by atoms with Gasteiger partial charge in [0.05, 0.1) is 31.4 Å². The van der Waals surface area contributed by atoms with E-state index >= 15 is 0 Å². The minimum Gasteiger partial charge on any atom is -0.491 e. The number of amides is 2. The Labute approximate surface area is 187 Å². The molecule has 0 saturated carbocycles. The Morgan fingerprint density at radius 1 is 1.16 bits per heavy atom. The van der Waals surface area contributed by atoms with Crippen molar-refractivity contribution in [1.29, 1.82) is 0 Å². The monoisotopic (exact) mass is 443 g/mol. The van der Waals surface area contributed by atoms with Gasteiger partial charge in [-0.25, -0.2) is 9.80 Å². The van der Waals surface area contributed by atoms with E-state index in [1.807, 2.05) is 26.0 Å². The summed E-state index contributed by atoms with van der Waals surface area (Å²) >= 11 is 5.99. The van der Waals surface area contributed by atoms with E-state index in [1.165, 1.54) is 5.01 Å². The van der Waals surface area contributed by atoms with E-state index in [9.17, 15) is 9.59 Å². The SMILES string of the molecule is CCOC(=O)CC1CN(C(=O)Nc2ccc(OC(C)C)cc2)N=C1c1ccc(Cl)cc1. The van der Waals surface area contributed by atoms with Crippen LogP contribution in [-0.4, -0.2) is 42.0 Å². The maximum absolute atomic E-state index is 12.8. The number of nitrogens with zero attached hydrogens (tertiary/aromatic N) is 2. The first-order valence-corrected chi connectivity index (χ1v) is 10.6. The second kappa shape index (κ2) is 10.3. The molecule has 0 radical (unpaired) electrons. The molecule has 1 aliphatic heterocycles. The van der Waals surface area contributed by atoms with Gasteiger partial charge in [-0.15, -0.1) is 0 Å². The summed E-state index contributed by atoms with van der Waals surface area (Å²) in [6.07, 6.45) is 0.210. The Bertz CT molecular complexity index is 942. The van der Waals surface area contributed by atoms with Gasteiger partial charge in [0.2, 0.25) is 0 Å². The number of esters is 1. The molecule has 0 spiro atoms. The number of carbonyl (C=O) groups is 2. The largest absolute Gasteiger partial charge is 0.491 e. The average Bonchev–Trinajstić information content (AvgIpc) is 3.13. The van der Waals surface area contributed by atoms with Crippen molar-refractivity contribution in [1.82, 2.24) is 5.01 Å². The van der Waals surface area contributed by atoms with E-state index in [4.69, 9.17) is 21.1 Å². The van der Waals surface area contributed by atoms with Crippen molar-refractivity contribution in [3.8, 4) is 5.75 Å². The molecule has 0 fully saturated rings. The van der Waals surface area contributed by atoms with Crippen LogP contribution in [0.15, 0.2) is 53.6 Å². The molecule has 1 heterocycles. The normalized spacial score (nSPS) is 15.6. The summed E-state index contributed by atoms with van der Waals surface area (Å²) < 4.78 is 10.7. The van der Waals surface area contributed by atoms with Crippen molar-refractivity contribution in [3.63, 3.8) is 0 Å². The number of hydrogen-bond donors (Lipinski definition) is 1. The number of urea groups is 1. The third-order valence-corrected chi connectivity index (χ3v) is 4.83. The Balaban J connectivity index is 1.74. The highest BCUT2D eigenvalue weighted by Gasteiger charge is 2.33. The molecular formula is C23H26ClN3O4. The molecule has 0 aromatic heterocycles. The lowest BCUT2D eigenvalue weighted by Crippen LogP contribution is -2.31. The number of anilines is 1. The van der Waals surface area contributed by atoms with Crippen molar-refractivity contribution in [2.75, 3.05) is 18.5 Å². The molecule has 0 bridgehead atoms. The van der Waals surface area contributed by atoms with Crippen molar-refractivity contribution in [2.24, 2.45) is 11.0 Å². The molecule has 2 aromatic carbocycles. The number of halogens is 1. The molecule has 1 atom stereocenters. The lowest BCUT2D eigenvalue weighted by atomic mass is 9.94. The first-order chi connectivity index (χ1) is 14.9. The van der Waals surface area contributed by atoms with Gasteiger partial charge in [-0.2, -0.15) is 5.10 Å². The molecule has 8 heteroatoms. The topological polar surface area (TPSA) is 80.2 Å². The van der Waals surface area contributed by atoms with Crippen LogP contribution >= 0.6 is 11.6 Å². The minimum absolute atomic E-state index is 0.0713. The summed E-state index contributed by atoms with van der Waals surface area (Å²) in [6.45, 7) is 6.24. The standard InChI is InChI=1S/C23H26ClN3O4/c1-4-30-21(28)13-17-14-27(26-22(17)16-5-7-18(24)8-6-16)23(29)25-19-9-11-20(12-10-19)31-15(2)3/h5-12,15,17H,4,13-14H2,1-3H3,(H,25,29). The van der Waals surface area contributed by atoms with Gasteiger partial charge in [-0.1, -0.05) is 23.7 Å². The number of ether oxygens (including phenoxy) is 2. The molecule has 1 aliphatic rings. The highest BCUT2D eigenvalue weighted by atomic mass is 35.5. The van der Waals surface area contributed by atoms with Gasteiger partial charge in [0.15, 0.2) is 0 Å². The van der Waals surface area contributed by atoms with Gasteiger partial charge >= 0.3 is 12.0 Å². The first-order valence-electron chi connectivity index (χ1n) is 10.2. The zero-order valence-electron chi connectivity index (χ0n) is 17.8. The van der Waals surface area contributed by atoms with Crippen LogP contribution in [0.1, 0.15) is 32.8 Å². The van der Waals surface area contributed by atoms with Gasteiger partial charge in [0.25, 0.3) is 0 Å². The van der Waals surface area contributed by atoms with Crippen LogP contribution in [0, 0.1) is 5.92 Å². The number of hydrogen-bond acceptors (Lipinski definition) is 5. The molecule has 1 unspecified atom stereocenters. The van der Waals surface area contributed by atoms with E-state index < -0.39 is 0 Å². The van der Waals surface area contributed by atoms with Gasteiger partial charge in [-0.3, -0.25) is 4.79 Å². The molecule has 1 N–H and O–H groups in total. The van der Waals surface area contributed by atoms with Gasteiger partial charge in [0, 0.05) is 16.6 Å². The first kappa shape index (κ1) is 22.6. The zero-order chi connectivity index (χ0) is 22.4. The number of nitrogens with one attached hydrogen (secondary N) is 1. The molecule has 31 heavy (non-hydrogen) atoms. The second-order valence-corrected chi connectivity index (χ2v) is 7.84. The molecule has 2 amide bonds. The van der Waals surface area contributed by atoms with E-state index in [-0.39, 0.29) is 37.0 Å². The maximum Gasteiger partial charge on any atom is 0.342 e. The van der Waals surface area contributed by atoms with E-state index in [0.717, 1.165) is 11.3 Å². The summed E-state index contributed by atoms with van der Waals surface area (Å²) in [5.74, 6) is 0.136. The Morgan fingerprint density at radius 2 is 1.84 bits per heavy atom. The van der Waals surface area contributed by atoms with Crippen LogP contribution < -0.4 is 10.1 Å². The van der Waals surface area contributed by atoms with Crippen LogP contribution in [-0.2, 0) is 9.53 Å². The molecule has 0 aliphatic carbocycles. The third kappa shape index (κ3) is 6.21. The Morgan fingerprint density at radius 3 is 2.45 bits per heavy atom. The van der Waals surface area contributed by atoms with Gasteiger partial charge in [0.1, 0.15) is 5.75 Å². The number of hydrazone groups is 1. The van der Waals surface area contributed by atoms with Crippen LogP contribution in [0.4, 0.5) is 10.5 Å². The van der Waals surface area contributed by atoms with Crippen molar-refractivity contribution in [2.45, 2.75) is 33.3 Å². The molecule has 3 rings (SSSR count). The lowest BCUT2D eigenvalue weighted by Gasteiger charge is -2.15. The molecule has 2 aromatic rings. The van der Waals surface area contributed by atoms with Crippen LogP contribution in [0.5, 0.6) is 5.75 Å². The fourth-order valence-corrected chi connectivity index (χ4v) is 3.38. The molecule has 0 saturated heterocycles. The third-order valence-electron chi connectivity index (χ3n) is 4.58. The van der Waals surface area contributed by atoms with Crippen molar-refractivity contribution >= 4 is 35.0 Å². The Kier molecular flexibility index (Phi) is 7.52. The number of carbonyl (C=O) groups excluding carboxylic acids is 2. The number of benzene rings is 2. The van der Waals surface area contributed by atoms with Crippen molar-refractivity contribution in [3.05, 3.63) is 59.1 Å². The van der Waals surface area contributed by atoms with E-state index in [1.54, 1.807) is 43.3 Å². The fourth-order valence-electron chi connectivity index (χ4n) is 3.25. The highest BCUT2D eigenvalue weighted by molar-refractivity contribution is 6.30. The second-order valence-electron chi connectivity index (χ2n) is 7.40. The predicted molar refractivity (Wildman–Crippen MR) is 121 cm³/mol. The summed E-state index contributed by atoms with van der Waals surface area (Å²) in [6, 6.07) is 13.9. The lowest BCUT2D eigenvalue weighted by molar-refractivity contribution is -0.143. The van der Waals surface area contributed by atoms with Crippen LogP contribution in [0.2, 0.25) is 5.02 Å². The van der Waals surface area contributed by atoms with E-state index in [0.29, 0.717) is 23.0 Å². The summed E-state index contributed by atoms with van der Waals surface area (Å²) in [5, 5.41) is 9.27. The highest BCUT2D eigenvalue weighted by Crippen LogP contribution is 2.25. The zero-order valence-corrected chi connectivity index (χ0v) is 18.6. The fraction of sp³-hybridized carbons (Fsp3) is 0.348. The molecule has 164 valence electrons. The summed E-state index contributed by atoms with van der Waals surface area (Å²) in [7, 11) is 0. The van der Waals surface area contributed by atoms with E-state index in [2.05, 4.69) is 10.4 Å². The van der Waals surface area contributed by atoms with Crippen LogP contribution in [0.25, 0.3) is 0 Å². The van der Waals surface area contributed by atoms with Crippen molar-refractivity contribution < 1.29 is 19.1 Å². The minimum atomic E-state index is -0.379. The summed E-state index contributed by atoms with van der Waals surface area (Å²) in [5.41, 5.74) is 2.09. The number of rotatable bonds is 7. The Hall–Kier alpha value is -3.06. The molecular weight excluding hydrogens is 418 g/mol.